The first-order chi connectivity index (χ1) is 9.52. The molecule has 1 aromatic heterocycles. The predicted molar refractivity (Wildman–Crippen MR) is 73.0 cm³/mol. The van der Waals surface area contributed by atoms with Crippen LogP contribution in [-0.4, -0.2) is 26.5 Å². The van der Waals surface area contributed by atoms with Crippen molar-refractivity contribution in [1.82, 2.24) is 14.7 Å². The summed E-state index contributed by atoms with van der Waals surface area (Å²) in [5.41, 5.74) is 7.60. The fraction of sp³-hybridized carbons (Fsp3) is 0.214. The number of anilines is 1. The number of aryl methyl sites for hydroxylation is 1. The fourth-order valence-electron chi connectivity index (χ4n) is 2.61. The third-order valence-corrected chi connectivity index (χ3v) is 3.65. The normalized spacial score (nSPS) is 15.6. The van der Waals surface area contributed by atoms with Crippen LogP contribution in [0.5, 0.6) is 0 Å². The van der Waals surface area contributed by atoms with Crippen LogP contribution in [-0.2, 0) is 7.05 Å². The van der Waals surface area contributed by atoms with Crippen LogP contribution < -0.4 is 5.73 Å². The quantitative estimate of drug-likeness (QED) is 0.660. The molecule has 6 nitrogen and oxygen atoms in total. The second-order valence-electron chi connectivity index (χ2n) is 4.81. The minimum Gasteiger partial charge on any atom is -0.398 e. The van der Waals surface area contributed by atoms with Crippen molar-refractivity contribution in [2.24, 2.45) is 7.05 Å². The number of rotatable bonds is 2. The number of nitrogens with zero attached hydrogens (tertiary/aromatic N) is 3. The van der Waals surface area contributed by atoms with Crippen LogP contribution in [0.3, 0.4) is 0 Å². The van der Waals surface area contributed by atoms with Crippen LogP contribution in [0.4, 0.5) is 5.69 Å². The highest BCUT2D eigenvalue weighted by atomic mass is 16.2. The molecule has 0 fully saturated rings. The van der Waals surface area contributed by atoms with Gasteiger partial charge in [0.1, 0.15) is 0 Å². The van der Waals surface area contributed by atoms with Gasteiger partial charge < -0.3 is 5.73 Å². The van der Waals surface area contributed by atoms with Gasteiger partial charge in [-0.05, 0) is 25.1 Å². The smallest absolute Gasteiger partial charge is 0.264 e. The molecule has 2 heterocycles. The second-order valence-corrected chi connectivity index (χ2v) is 4.81. The minimum absolute atomic E-state index is 0.298. The maximum atomic E-state index is 12.5. The molecule has 1 aromatic carbocycles. The molecule has 2 N–H and O–H groups in total. The lowest BCUT2D eigenvalue weighted by Gasteiger charge is -2.22. The summed E-state index contributed by atoms with van der Waals surface area (Å²) in [5, 5.41) is 4.07. The molecule has 0 saturated heterocycles. The van der Waals surface area contributed by atoms with E-state index in [-0.39, 0.29) is 11.8 Å². The largest absolute Gasteiger partial charge is 0.398 e. The molecule has 0 spiro atoms. The molecule has 3 rings (SSSR count). The number of imide groups is 1. The zero-order chi connectivity index (χ0) is 14.4. The molecule has 0 saturated carbocycles. The van der Waals surface area contributed by atoms with E-state index in [1.807, 2.05) is 0 Å². The summed E-state index contributed by atoms with van der Waals surface area (Å²) in [7, 11) is 1.78. The third-order valence-electron chi connectivity index (χ3n) is 3.65. The van der Waals surface area contributed by atoms with Crippen molar-refractivity contribution >= 4 is 17.5 Å². The summed E-state index contributed by atoms with van der Waals surface area (Å²) in [6.07, 6.45) is 1.64. The summed E-state index contributed by atoms with van der Waals surface area (Å²) in [5.74, 6) is -0.664. The van der Waals surface area contributed by atoms with E-state index in [1.54, 1.807) is 49.1 Å². The summed E-state index contributed by atoms with van der Waals surface area (Å²) in [6.45, 7) is 1.80. The maximum absolute atomic E-state index is 12.5. The number of carbonyl (C=O) groups is 2. The Balaban J connectivity index is 2.06. The van der Waals surface area contributed by atoms with Crippen molar-refractivity contribution < 1.29 is 9.59 Å². The Morgan fingerprint density at radius 2 is 1.95 bits per heavy atom. The molecular weight excluding hydrogens is 256 g/mol. The first-order valence-corrected chi connectivity index (χ1v) is 6.26. The topological polar surface area (TPSA) is 81.2 Å². The molecule has 0 aliphatic carbocycles. The standard InChI is InChI=1S/C14H14N4O2/c1-8(11-6-7-16-17(11)2)18-13(19)9-4-3-5-10(15)12(9)14(18)20/h3-8H,15H2,1-2H3. The van der Waals surface area contributed by atoms with Gasteiger partial charge in [0, 0.05) is 18.9 Å². The van der Waals surface area contributed by atoms with E-state index in [2.05, 4.69) is 5.10 Å². The third kappa shape index (κ3) is 1.54. The van der Waals surface area contributed by atoms with Gasteiger partial charge in [0.15, 0.2) is 0 Å². The molecular formula is C14H14N4O2. The molecule has 2 aromatic rings. The molecule has 1 aliphatic heterocycles. The Hall–Kier alpha value is -2.63. The number of nitrogen functional groups attached to an aromatic ring is 1. The molecule has 20 heavy (non-hydrogen) atoms. The van der Waals surface area contributed by atoms with E-state index in [9.17, 15) is 9.59 Å². The van der Waals surface area contributed by atoms with Crippen LogP contribution in [0.25, 0.3) is 0 Å². The Morgan fingerprint density at radius 1 is 1.20 bits per heavy atom. The SMILES string of the molecule is CC(c1ccnn1C)N1C(=O)c2cccc(N)c2C1=O. The number of hydrogen-bond acceptors (Lipinski definition) is 4. The fourth-order valence-corrected chi connectivity index (χ4v) is 2.61. The first-order valence-electron chi connectivity index (χ1n) is 6.26. The van der Waals surface area contributed by atoms with Gasteiger partial charge in [-0.15, -0.1) is 0 Å². The number of carbonyl (C=O) groups excluding carboxylic acids is 2. The average molecular weight is 270 g/mol. The average Bonchev–Trinajstić information content (AvgIpc) is 2.93. The van der Waals surface area contributed by atoms with Gasteiger partial charge in [-0.1, -0.05) is 6.07 Å². The molecule has 1 unspecified atom stereocenters. The second kappa shape index (κ2) is 4.19. The van der Waals surface area contributed by atoms with Gasteiger partial charge in [0.25, 0.3) is 11.8 Å². The Morgan fingerprint density at radius 3 is 2.55 bits per heavy atom. The van der Waals surface area contributed by atoms with Crippen molar-refractivity contribution in [1.29, 1.82) is 0 Å². The summed E-state index contributed by atoms with van der Waals surface area (Å²) in [4.78, 5) is 26.1. The van der Waals surface area contributed by atoms with Gasteiger partial charge in [-0.25, -0.2) is 0 Å². The van der Waals surface area contributed by atoms with Gasteiger partial charge in [-0.3, -0.25) is 19.2 Å². The number of amides is 2. The van der Waals surface area contributed by atoms with Crippen molar-refractivity contribution in [2.45, 2.75) is 13.0 Å². The molecule has 2 amide bonds. The molecule has 102 valence electrons. The lowest BCUT2D eigenvalue weighted by Crippen LogP contribution is -2.33. The molecule has 0 bridgehead atoms. The van der Waals surface area contributed by atoms with Gasteiger partial charge in [-0.2, -0.15) is 5.10 Å². The summed E-state index contributed by atoms with van der Waals surface area (Å²) < 4.78 is 1.65. The monoisotopic (exact) mass is 270 g/mol. The number of nitrogens with two attached hydrogens (primary N) is 1. The highest BCUT2D eigenvalue weighted by Crippen LogP contribution is 2.33. The number of benzene rings is 1. The zero-order valence-corrected chi connectivity index (χ0v) is 11.2. The predicted octanol–water partition coefficient (Wildman–Crippen LogP) is 1.36. The van der Waals surface area contributed by atoms with Gasteiger partial charge in [0.2, 0.25) is 0 Å². The van der Waals surface area contributed by atoms with E-state index in [1.165, 1.54) is 4.90 Å². The molecule has 0 radical (unpaired) electrons. The molecule has 1 aliphatic rings. The summed E-state index contributed by atoms with van der Waals surface area (Å²) in [6, 6.07) is 6.33. The first kappa shape index (κ1) is 12.4. The Labute approximate surface area is 115 Å². The van der Waals surface area contributed by atoms with Crippen LogP contribution in [0, 0.1) is 0 Å². The van der Waals surface area contributed by atoms with E-state index < -0.39 is 6.04 Å². The Bertz CT molecular complexity index is 720. The Kier molecular flexibility index (Phi) is 2.60. The van der Waals surface area contributed by atoms with E-state index >= 15 is 0 Å². The number of aromatic nitrogens is 2. The van der Waals surface area contributed by atoms with E-state index in [4.69, 9.17) is 5.73 Å². The van der Waals surface area contributed by atoms with Crippen LogP contribution in [0.15, 0.2) is 30.5 Å². The molecule has 6 heteroatoms. The van der Waals surface area contributed by atoms with Crippen molar-refractivity contribution in [3.63, 3.8) is 0 Å². The van der Waals surface area contributed by atoms with Crippen LogP contribution in [0.1, 0.15) is 39.4 Å². The van der Waals surface area contributed by atoms with Crippen LogP contribution in [0.2, 0.25) is 0 Å². The highest BCUT2D eigenvalue weighted by molar-refractivity contribution is 6.23. The van der Waals surface area contributed by atoms with E-state index in [0.717, 1.165) is 5.69 Å². The highest BCUT2D eigenvalue weighted by Gasteiger charge is 2.40. The minimum atomic E-state index is -0.394. The number of fused-ring (bicyclic) bond motifs is 1. The van der Waals surface area contributed by atoms with Crippen molar-refractivity contribution in [2.75, 3.05) is 5.73 Å². The van der Waals surface area contributed by atoms with Gasteiger partial charge >= 0.3 is 0 Å². The van der Waals surface area contributed by atoms with Crippen molar-refractivity contribution in [3.8, 4) is 0 Å². The van der Waals surface area contributed by atoms with Crippen molar-refractivity contribution in [3.05, 3.63) is 47.3 Å². The maximum Gasteiger partial charge on any atom is 0.264 e. The van der Waals surface area contributed by atoms with Crippen LogP contribution >= 0.6 is 0 Å². The molecule has 1 atom stereocenters. The zero-order valence-electron chi connectivity index (χ0n) is 11.2. The summed E-state index contributed by atoms with van der Waals surface area (Å²) >= 11 is 0. The lowest BCUT2D eigenvalue weighted by molar-refractivity contribution is 0.0590. The lowest BCUT2D eigenvalue weighted by atomic mass is 10.1. The van der Waals surface area contributed by atoms with E-state index in [0.29, 0.717) is 16.8 Å². The van der Waals surface area contributed by atoms with Gasteiger partial charge in [0.05, 0.1) is 22.9 Å². The number of hydrogen-bond donors (Lipinski definition) is 1.